The van der Waals surface area contributed by atoms with Gasteiger partial charge >= 0.3 is 0 Å². The van der Waals surface area contributed by atoms with Crippen molar-refractivity contribution < 1.29 is 19.1 Å². The van der Waals surface area contributed by atoms with Crippen LogP contribution in [0, 0.1) is 6.92 Å². The van der Waals surface area contributed by atoms with Crippen LogP contribution in [-0.4, -0.2) is 31.6 Å². The molecule has 34 heavy (non-hydrogen) atoms. The highest BCUT2D eigenvalue weighted by Crippen LogP contribution is 2.35. The predicted molar refractivity (Wildman–Crippen MR) is 135 cm³/mol. The largest absolute Gasteiger partial charge is 0.494 e. The average molecular weight is 499 g/mol. The van der Waals surface area contributed by atoms with E-state index in [0.717, 1.165) is 24.2 Å². The molecule has 2 amide bonds. The number of hydrogen-bond donors (Lipinski definition) is 1. The third-order valence-corrected chi connectivity index (χ3v) is 6.11. The van der Waals surface area contributed by atoms with E-state index in [4.69, 9.17) is 32.7 Å². The Morgan fingerprint density at radius 2 is 1.91 bits per heavy atom. The quantitative estimate of drug-likeness (QED) is 0.378. The van der Waals surface area contributed by atoms with Crippen LogP contribution in [0.2, 0.25) is 10.0 Å². The molecular formula is C26H24Cl2N2O4. The van der Waals surface area contributed by atoms with Crippen molar-refractivity contribution in [1.82, 2.24) is 0 Å². The molecule has 0 atom stereocenters. The van der Waals surface area contributed by atoms with Gasteiger partial charge in [-0.1, -0.05) is 35.3 Å². The van der Waals surface area contributed by atoms with Crippen molar-refractivity contribution in [2.75, 3.05) is 30.0 Å². The summed E-state index contributed by atoms with van der Waals surface area (Å²) >= 11 is 12.0. The molecule has 8 heteroatoms. The third kappa shape index (κ3) is 5.82. The third-order valence-electron chi connectivity index (χ3n) is 5.38. The Morgan fingerprint density at radius 3 is 2.71 bits per heavy atom. The van der Waals surface area contributed by atoms with Gasteiger partial charge < -0.3 is 19.7 Å². The van der Waals surface area contributed by atoms with Crippen LogP contribution in [0.1, 0.15) is 28.8 Å². The second-order valence-corrected chi connectivity index (χ2v) is 8.79. The van der Waals surface area contributed by atoms with Crippen molar-refractivity contribution >= 4 is 46.4 Å². The molecule has 1 aliphatic heterocycles. The summed E-state index contributed by atoms with van der Waals surface area (Å²) in [6.07, 6.45) is 1.55. The lowest BCUT2D eigenvalue weighted by Crippen LogP contribution is -2.39. The molecule has 3 aromatic rings. The maximum absolute atomic E-state index is 12.6. The van der Waals surface area contributed by atoms with Gasteiger partial charge in [0.25, 0.3) is 11.8 Å². The predicted octanol–water partition coefficient (Wildman–Crippen LogP) is 6.14. The number of fused-ring (bicyclic) bond motifs is 1. The molecule has 3 aromatic carbocycles. The van der Waals surface area contributed by atoms with Crippen LogP contribution in [0.3, 0.4) is 0 Å². The average Bonchev–Trinajstić information content (AvgIpc) is 2.82. The molecule has 0 saturated carbocycles. The molecule has 4 rings (SSSR count). The molecule has 176 valence electrons. The fourth-order valence-electron chi connectivity index (χ4n) is 3.63. The van der Waals surface area contributed by atoms with Crippen molar-refractivity contribution in [1.29, 1.82) is 0 Å². The summed E-state index contributed by atoms with van der Waals surface area (Å²) in [5.74, 6) is 0.986. The van der Waals surface area contributed by atoms with Crippen molar-refractivity contribution in [2.45, 2.75) is 19.8 Å². The van der Waals surface area contributed by atoms with E-state index >= 15 is 0 Å². The highest BCUT2D eigenvalue weighted by atomic mass is 35.5. The fourth-order valence-corrected chi connectivity index (χ4v) is 3.93. The number of carbonyl (C=O) groups excluding carboxylic acids is 2. The van der Waals surface area contributed by atoms with Crippen LogP contribution in [0.25, 0.3) is 0 Å². The fraction of sp³-hybridized carbons (Fsp3) is 0.231. The van der Waals surface area contributed by atoms with Crippen LogP contribution in [-0.2, 0) is 4.79 Å². The number of hydrogen-bond acceptors (Lipinski definition) is 4. The normalized spacial score (nSPS) is 12.7. The van der Waals surface area contributed by atoms with E-state index in [1.807, 2.05) is 31.2 Å². The minimum absolute atomic E-state index is 0.0121. The summed E-state index contributed by atoms with van der Waals surface area (Å²) < 4.78 is 11.4. The van der Waals surface area contributed by atoms with Gasteiger partial charge in [-0.25, -0.2) is 0 Å². The number of ether oxygens (including phenoxy) is 2. The number of rotatable bonds is 8. The Kier molecular flexibility index (Phi) is 7.60. The van der Waals surface area contributed by atoms with Crippen LogP contribution in [0.5, 0.6) is 11.5 Å². The minimum atomic E-state index is -0.332. The number of amides is 2. The zero-order valence-corrected chi connectivity index (χ0v) is 20.2. The summed E-state index contributed by atoms with van der Waals surface area (Å²) in [6, 6.07) is 17.8. The van der Waals surface area contributed by atoms with E-state index in [0.29, 0.717) is 45.9 Å². The second kappa shape index (κ2) is 10.8. The number of unbranched alkanes of at least 4 members (excludes halogenated alkanes) is 1. The molecule has 0 spiro atoms. The second-order valence-electron chi connectivity index (χ2n) is 7.97. The Labute approximate surface area is 208 Å². The topological polar surface area (TPSA) is 67.9 Å². The van der Waals surface area contributed by atoms with Crippen molar-refractivity contribution in [3.8, 4) is 11.5 Å². The van der Waals surface area contributed by atoms with Crippen LogP contribution < -0.4 is 19.7 Å². The van der Waals surface area contributed by atoms with Gasteiger partial charge in [0.1, 0.15) is 11.5 Å². The van der Waals surface area contributed by atoms with Gasteiger partial charge in [0.15, 0.2) is 6.61 Å². The summed E-state index contributed by atoms with van der Waals surface area (Å²) in [5.41, 5.74) is 2.70. The van der Waals surface area contributed by atoms with E-state index < -0.39 is 0 Å². The van der Waals surface area contributed by atoms with Gasteiger partial charge in [-0.3, -0.25) is 9.59 Å². The number of nitrogens with zero attached hydrogens (tertiary/aromatic N) is 1. The number of halogens is 2. The molecular weight excluding hydrogens is 475 g/mol. The number of anilines is 2. The van der Waals surface area contributed by atoms with E-state index in [9.17, 15) is 9.59 Å². The summed E-state index contributed by atoms with van der Waals surface area (Å²) in [5, 5.41) is 3.51. The summed E-state index contributed by atoms with van der Waals surface area (Å²) in [4.78, 5) is 26.9. The van der Waals surface area contributed by atoms with Crippen LogP contribution in [0.4, 0.5) is 11.4 Å². The van der Waals surface area contributed by atoms with Gasteiger partial charge in [0, 0.05) is 17.8 Å². The zero-order chi connectivity index (χ0) is 24.1. The summed E-state index contributed by atoms with van der Waals surface area (Å²) in [6.45, 7) is 3.10. The molecule has 1 N–H and O–H groups in total. The standard InChI is InChI=1S/C26H24Cl2N2O4/c1-17-5-4-6-20(13-17)33-12-3-2-11-30-23-15-19(8-10-24(23)34-16-25(30)31)29-26(32)18-7-9-21(27)22(28)14-18/h4-10,13-15H,2-3,11-12,16H2,1H3,(H,29,32). The van der Waals surface area contributed by atoms with E-state index in [1.54, 1.807) is 35.2 Å². The first-order valence-corrected chi connectivity index (χ1v) is 11.7. The maximum Gasteiger partial charge on any atom is 0.265 e. The molecule has 1 aliphatic rings. The van der Waals surface area contributed by atoms with Gasteiger partial charge in [0.05, 0.1) is 22.3 Å². The molecule has 0 aromatic heterocycles. The molecule has 0 fully saturated rings. The molecule has 0 unspecified atom stereocenters. The zero-order valence-electron chi connectivity index (χ0n) is 18.6. The Morgan fingerprint density at radius 1 is 1.06 bits per heavy atom. The summed E-state index contributed by atoms with van der Waals surface area (Å²) in [7, 11) is 0. The van der Waals surface area contributed by atoms with E-state index in [-0.39, 0.29) is 18.4 Å². The Hall–Kier alpha value is -3.22. The first kappa shape index (κ1) is 23.9. The number of benzene rings is 3. The molecule has 6 nitrogen and oxygen atoms in total. The van der Waals surface area contributed by atoms with Crippen molar-refractivity contribution in [3.63, 3.8) is 0 Å². The molecule has 0 bridgehead atoms. The molecule has 0 aliphatic carbocycles. The first-order valence-electron chi connectivity index (χ1n) is 10.9. The number of carbonyl (C=O) groups is 2. The Bertz CT molecular complexity index is 1220. The Balaban J connectivity index is 1.38. The molecule has 1 heterocycles. The van der Waals surface area contributed by atoms with Crippen LogP contribution in [0.15, 0.2) is 60.7 Å². The lowest BCUT2D eigenvalue weighted by atomic mass is 10.1. The van der Waals surface area contributed by atoms with Gasteiger partial charge in [-0.15, -0.1) is 0 Å². The monoisotopic (exact) mass is 498 g/mol. The SMILES string of the molecule is Cc1cccc(OCCCCN2C(=O)COc3ccc(NC(=O)c4ccc(Cl)c(Cl)c4)cc32)c1. The van der Waals surface area contributed by atoms with E-state index in [1.165, 1.54) is 6.07 Å². The number of aryl methyl sites for hydroxylation is 1. The number of nitrogens with one attached hydrogen (secondary N) is 1. The smallest absolute Gasteiger partial charge is 0.265 e. The molecule has 0 radical (unpaired) electrons. The highest BCUT2D eigenvalue weighted by Gasteiger charge is 2.25. The lowest BCUT2D eigenvalue weighted by molar-refractivity contribution is -0.121. The van der Waals surface area contributed by atoms with Crippen LogP contribution >= 0.6 is 23.2 Å². The maximum atomic E-state index is 12.6. The first-order chi connectivity index (χ1) is 16.4. The van der Waals surface area contributed by atoms with Crippen molar-refractivity contribution in [2.24, 2.45) is 0 Å². The highest BCUT2D eigenvalue weighted by molar-refractivity contribution is 6.42. The van der Waals surface area contributed by atoms with Gasteiger partial charge in [-0.05, 0) is 73.9 Å². The van der Waals surface area contributed by atoms with E-state index in [2.05, 4.69) is 5.32 Å². The minimum Gasteiger partial charge on any atom is -0.494 e. The van der Waals surface area contributed by atoms with Gasteiger partial charge in [0.2, 0.25) is 0 Å². The van der Waals surface area contributed by atoms with Crippen molar-refractivity contribution in [3.05, 3.63) is 81.8 Å². The molecule has 0 saturated heterocycles. The van der Waals surface area contributed by atoms with Gasteiger partial charge in [-0.2, -0.15) is 0 Å². The lowest BCUT2D eigenvalue weighted by Gasteiger charge is -2.30.